The van der Waals surface area contributed by atoms with Crippen molar-refractivity contribution in [1.29, 1.82) is 0 Å². The second kappa shape index (κ2) is 5.55. The van der Waals surface area contributed by atoms with E-state index in [-0.39, 0.29) is 17.9 Å². The van der Waals surface area contributed by atoms with Crippen LogP contribution in [0.25, 0.3) is 0 Å². The highest BCUT2D eigenvalue weighted by atomic mass is 19.1. The Morgan fingerprint density at radius 1 is 1.33 bits per heavy atom. The van der Waals surface area contributed by atoms with E-state index in [1.54, 1.807) is 6.07 Å². The fraction of sp³-hybridized carbons (Fsp3) is 0.625. The number of nitrogens with zero attached hydrogens (tertiary/aromatic N) is 1. The third-order valence-electron chi connectivity index (χ3n) is 4.64. The Balaban J connectivity index is 1.92. The number of fused-ring (bicyclic) bond motifs is 2. The zero-order valence-electron chi connectivity index (χ0n) is 12.5. The van der Waals surface area contributed by atoms with Crippen molar-refractivity contribution in [3.63, 3.8) is 0 Å². The van der Waals surface area contributed by atoms with Crippen LogP contribution < -0.4 is 4.74 Å². The molecule has 1 aromatic rings. The first-order valence-electron chi connectivity index (χ1n) is 7.48. The van der Waals surface area contributed by atoms with Crippen LogP contribution in [0.1, 0.15) is 25.3 Å². The smallest absolute Gasteiger partial charge is 0.127 e. The van der Waals surface area contributed by atoms with E-state index in [4.69, 9.17) is 9.47 Å². The highest BCUT2D eigenvalue weighted by molar-refractivity contribution is 5.34. The Morgan fingerprint density at radius 3 is 2.62 bits per heavy atom. The molecule has 0 amide bonds. The van der Waals surface area contributed by atoms with Gasteiger partial charge >= 0.3 is 0 Å². The fourth-order valence-electron chi connectivity index (χ4n) is 3.46. The van der Waals surface area contributed by atoms with Gasteiger partial charge in [0.15, 0.2) is 0 Å². The number of ether oxygens (including phenoxy) is 2. The van der Waals surface area contributed by atoms with Gasteiger partial charge in [-0.2, -0.15) is 0 Å². The van der Waals surface area contributed by atoms with Crippen molar-refractivity contribution in [3.05, 3.63) is 29.6 Å². The molecular formula is C16H22FNO3. The molecule has 1 N–H and O–H groups in total. The molecule has 3 rings (SSSR count). The van der Waals surface area contributed by atoms with Crippen LogP contribution in [-0.2, 0) is 10.3 Å². The van der Waals surface area contributed by atoms with Crippen molar-refractivity contribution in [2.45, 2.75) is 37.5 Å². The predicted octanol–water partition coefficient (Wildman–Crippen LogP) is 1.91. The molecule has 0 aromatic heterocycles. The first-order valence-corrected chi connectivity index (χ1v) is 7.48. The molecule has 0 saturated carbocycles. The molecule has 2 atom stereocenters. The topological polar surface area (TPSA) is 41.9 Å². The molecule has 2 unspecified atom stereocenters. The molecule has 0 aliphatic carbocycles. The molecular weight excluding hydrogens is 273 g/mol. The molecule has 4 nitrogen and oxygen atoms in total. The monoisotopic (exact) mass is 295 g/mol. The lowest BCUT2D eigenvalue weighted by Gasteiger charge is -2.50. The summed E-state index contributed by atoms with van der Waals surface area (Å²) in [6, 6.07) is 4.87. The highest BCUT2D eigenvalue weighted by Crippen LogP contribution is 2.41. The van der Waals surface area contributed by atoms with E-state index in [0.29, 0.717) is 44.0 Å². The lowest BCUT2D eigenvalue weighted by molar-refractivity contribution is -0.137. The van der Waals surface area contributed by atoms with Gasteiger partial charge in [0.2, 0.25) is 0 Å². The Labute approximate surface area is 124 Å². The van der Waals surface area contributed by atoms with E-state index in [9.17, 15) is 9.50 Å². The summed E-state index contributed by atoms with van der Waals surface area (Å²) in [7, 11) is 2.06. The third kappa shape index (κ3) is 2.78. The number of hydrogen-bond donors (Lipinski definition) is 1. The number of rotatable bonds is 3. The standard InChI is InChI=1S/C16H22FNO3/c1-3-21-15-5-11(4-12(17)6-15)16(19)7-13-9-20-10-14(8-16)18(13)2/h4-6,13-14,19H,3,7-10H2,1-2H3. The molecule has 116 valence electrons. The molecule has 2 heterocycles. The minimum Gasteiger partial charge on any atom is -0.494 e. The number of aliphatic hydroxyl groups is 1. The molecule has 5 heteroatoms. The Hall–Kier alpha value is -1.17. The average Bonchev–Trinajstić information content (AvgIpc) is 2.40. The summed E-state index contributed by atoms with van der Waals surface area (Å²) < 4.78 is 24.8. The van der Waals surface area contributed by atoms with Crippen LogP contribution in [0.5, 0.6) is 5.75 Å². The maximum absolute atomic E-state index is 13.8. The van der Waals surface area contributed by atoms with Crippen molar-refractivity contribution in [2.75, 3.05) is 26.9 Å². The Bertz CT molecular complexity index is 508. The molecule has 0 spiro atoms. The van der Waals surface area contributed by atoms with Gasteiger partial charge in [-0.1, -0.05) is 0 Å². The highest BCUT2D eigenvalue weighted by Gasteiger charge is 2.45. The van der Waals surface area contributed by atoms with Crippen LogP contribution in [0.2, 0.25) is 0 Å². The van der Waals surface area contributed by atoms with Crippen molar-refractivity contribution in [1.82, 2.24) is 4.90 Å². The lowest BCUT2D eigenvalue weighted by atomic mass is 9.77. The summed E-state index contributed by atoms with van der Waals surface area (Å²) in [5, 5.41) is 11.1. The summed E-state index contributed by atoms with van der Waals surface area (Å²) in [5.74, 6) is 0.103. The molecule has 2 bridgehead atoms. The van der Waals surface area contributed by atoms with Gasteiger partial charge in [0, 0.05) is 18.2 Å². The van der Waals surface area contributed by atoms with Crippen molar-refractivity contribution >= 4 is 0 Å². The van der Waals surface area contributed by atoms with E-state index < -0.39 is 5.60 Å². The molecule has 2 aliphatic heterocycles. The largest absolute Gasteiger partial charge is 0.494 e. The number of halogens is 1. The van der Waals surface area contributed by atoms with Gasteiger partial charge in [0.25, 0.3) is 0 Å². The molecule has 2 aliphatic rings. The van der Waals surface area contributed by atoms with Gasteiger partial charge in [0.1, 0.15) is 11.6 Å². The summed E-state index contributed by atoms with van der Waals surface area (Å²) in [5.41, 5.74) is -0.407. The second-order valence-electron chi connectivity index (χ2n) is 6.06. The Kier molecular flexibility index (Phi) is 3.90. The zero-order valence-corrected chi connectivity index (χ0v) is 12.5. The van der Waals surface area contributed by atoms with Crippen LogP contribution >= 0.6 is 0 Å². The maximum atomic E-state index is 13.8. The maximum Gasteiger partial charge on any atom is 0.127 e. The van der Waals surface area contributed by atoms with Crippen LogP contribution in [0.3, 0.4) is 0 Å². The molecule has 0 radical (unpaired) electrons. The van der Waals surface area contributed by atoms with E-state index >= 15 is 0 Å². The molecule has 21 heavy (non-hydrogen) atoms. The summed E-state index contributed by atoms with van der Waals surface area (Å²) in [4.78, 5) is 2.26. The molecule has 1 aromatic carbocycles. The summed E-state index contributed by atoms with van der Waals surface area (Å²) >= 11 is 0. The van der Waals surface area contributed by atoms with E-state index in [0.717, 1.165) is 0 Å². The van der Waals surface area contributed by atoms with Crippen LogP contribution in [0.15, 0.2) is 18.2 Å². The number of piperidine rings is 1. The van der Waals surface area contributed by atoms with Gasteiger partial charge in [-0.3, -0.25) is 4.90 Å². The summed E-state index contributed by atoms with van der Waals surface area (Å²) in [6.07, 6.45) is 1.10. The molecule has 2 fully saturated rings. The third-order valence-corrected chi connectivity index (χ3v) is 4.64. The second-order valence-corrected chi connectivity index (χ2v) is 6.06. The van der Waals surface area contributed by atoms with Gasteiger partial charge in [-0.15, -0.1) is 0 Å². The van der Waals surface area contributed by atoms with E-state index in [1.165, 1.54) is 12.1 Å². The van der Waals surface area contributed by atoms with Gasteiger partial charge in [-0.25, -0.2) is 4.39 Å². The normalized spacial score (nSPS) is 33.0. The van der Waals surface area contributed by atoms with Gasteiger partial charge < -0.3 is 14.6 Å². The minimum absolute atomic E-state index is 0.168. The average molecular weight is 295 g/mol. The summed E-state index contributed by atoms with van der Waals surface area (Å²) in [6.45, 7) is 3.56. The van der Waals surface area contributed by atoms with Crippen molar-refractivity contribution in [2.24, 2.45) is 0 Å². The zero-order chi connectivity index (χ0) is 15.0. The van der Waals surface area contributed by atoms with E-state index in [2.05, 4.69) is 11.9 Å². The van der Waals surface area contributed by atoms with Crippen LogP contribution in [0, 0.1) is 5.82 Å². The number of hydrogen-bond acceptors (Lipinski definition) is 4. The van der Waals surface area contributed by atoms with Crippen molar-refractivity contribution < 1.29 is 19.0 Å². The quantitative estimate of drug-likeness (QED) is 0.925. The predicted molar refractivity (Wildman–Crippen MR) is 76.9 cm³/mol. The first-order chi connectivity index (χ1) is 10.0. The van der Waals surface area contributed by atoms with Crippen LogP contribution in [0.4, 0.5) is 4.39 Å². The fourth-order valence-corrected chi connectivity index (χ4v) is 3.46. The lowest BCUT2D eigenvalue weighted by Crippen LogP contribution is -2.59. The minimum atomic E-state index is -1.01. The number of likely N-dealkylation sites (N-methyl/N-ethyl adjacent to an activating group) is 1. The number of benzene rings is 1. The molecule has 2 saturated heterocycles. The number of morpholine rings is 1. The van der Waals surface area contributed by atoms with Crippen molar-refractivity contribution in [3.8, 4) is 5.75 Å². The van der Waals surface area contributed by atoms with Gasteiger partial charge in [-0.05, 0) is 44.5 Å². The Morgan fingerprint density at radius 2 is 2.00 bits per heavy atom. The van der Waals surface area contributed by atoms with Crippen LogP contribution in [-0.4, -0.2) is 49.0 Å². The SMILES string of the molecule is CCOc1cc(F)cc(C2(O)CC3COCC(C2)N3C)c1. The van der Waals surface area contributed by atoms with E-state index in [1.807, 2.05) is 6.92 Å². The van der Waals surface area contributed by atoms with Gasteiger partial charge in [0.05, 0.1) is 25.4 Å². The first kappa shape index (κ1) is 14.8.